The van der Waals surface area contributed by atoms with Gasteiger partial charge in [-0.05, 0) is 68.1 Å². The zero-order valence-corrected chi connectivity index (χ0v) is 21.8. The van der Waals surface area contributed by atoms with Crippen LogP contribution in [0.1, 0.15) is 49.4 Å². The number of allylic oxidation sites excluding steroid dienone is 1. The van der Waals surface area contributed by atoms with Crippen LogP contribution in [0, 0.1) is 0 Å². The molecule has 0 unspecified atom stereocenters. The van der Waals surface area contributed by atoms with E-state index < -0.39 is 0 Å². The molecular formula is C28H35N7O. The van der Waals surface area contributed by atoms with Crippen molar-refractivity contribution in [3.05, 3.63) is 65.6 Å². The van der Waals surface area contributed by atoms with Crippen molar-refractivity contribution in [2.45, 2.75) is 33.1 Å². The minimum Gasteiger partial charge on any atom is -0.351 e. The number of aromatic nitrogens is 2. The summed E-state index contributed by atoms with van der Waals surface area (Å²) in [5, 5.41) is 4.18. The molecule has 1 aliphatic rings. The molecule has 1 aliphatic heterocycles. The number of H-pyrrole nitrogens is 1. The number of carbonyl (C=O) groups excluding carboxylic acids is 1. The van der Waals surface area contributed by atoms with Crippen LogP contribution in [0.5, 0.6) is 0 Å². The van der Waals surface area contributed by atoms with Crippen molar-refractivity contribution in [1.29, 1.82) is 0 Å². The van der Waals surface area contributed by atoms with E-state index in [4.69, 9.17) is 0 Å². The number of anilines is 1. The lowest BCUT2D eigenvalue weighted by Crippen LogP contribution is -2.47. The Morgan fingerprint density at radius 3 is 2.56 bits per heavy atom. The predicted octanol–water partition coefficient (Wildman–Crippen LogP) is 4.78. The largest absolute Gasteiger partial charge is 0.351 e. The van der Waals surface area contributed by atoms with Crippen molar-refractivity contribution >= 4 is 40.9 Å². The summed E-state index contributed by atoms with van der Waals surface area (Å²) < 4.78 is 0. The number of fused-ring (bicyclic) bond motifs is 1. The second-order valence-electron chi connectivity index (χ2n) is 10.2. The molecule has 1 saturated heterocycles. The van der Waals surface area contributed by atoms with Crippen molar-refractivity contribution in [3.8, 4) is 0 Å². The van der Waals surface area contributed by atoms with E-state index in [0.29, 0.717) is 17.4 Å². The van der Waals surface area contributed by atoms with Crippen molar-refractivity contribution in [3.63, 3.8) is 0 Å². The number of nitrogens with one attached hydrogen (secondary N) is 2. The SMILES string of the molecule is C=NC(=N/C(=C\C)c1cc(C(C)(C)C)ccn1)Nc1ccc2[nH]c(C(=O)N3CCN(C)CC3)cc2c1. The number of likely N-dealkylation sites (N-methyl/N-ethyl adjacent to an activating group) is 1. The molecular weight excluding hydrogens is 450 g/mol. The van der Waals surface area contributed by atoms with Gasteiger partial charge >= 0.3 is 0 Å². The van der Waals surface area contributed by atoms with Crippen LogP contribution in [0.2, 0.25) is 0 Å². The quantitative estimate of drug-likeness (QED) is 0.411. The summed E-state index contributed by atoms with van der Waals surface area (Å²) in [6.07, 6.45) is 3.72. The number of guanidine groups is 1. The fraction of sp³-hybridized carbons (Fsp3) is 0.357. The molecule has 2 N–H and O–H groups in total. The van der Waals surface area contributed by atoms with Gasteiger partial charge in [0.15, 0.2) is 0 Å². The molecule has 3 heterocycles. The highest BCUT2D eigenvalue weighted by Gasteiger charge is 2.22. The first-order valence-corrected chi connectivity index (χ1v) is 12.2. The number of pyridine rings is 1. The van der Waals surface area contributed by atoms with E-state index in [-0.39, 0.29) is 11.3 Å². The summed E-state index contributed by atoms with van der Waals surface area (Å²) in [4.78, 5) is 33.7. The highest BCUT2D eigenvalue weighted by Crippen LogP contribution is 2.25. The van der Waals surface area contributed by atoms with Crippen molar-refractivity contribution < 1.29 is 4.79 Å². The molecule has 8 heteroatoms. The number of carbonyl (C=O) groups is 1. The van der Waals surface area contributed by atoms with Crippen LogP contribution in [-0.4, -0.2) is 71.6 Å². The number of aliphatic imine (C=N–C) groups is 2. The highest BCUT2D eigenvalue weighted by molar-refractivity contribution is 6.02. The van der Waals surface area contributed by atoms with E-state index in [1.54, 1.807) is 0 Å². The van der Waals surface area contributed by atoms with Crippen LogP contribution in [0.3, 0.4) is 0 Å². The van der Waals surface area contributed by atoms with Gasteiger partial charge < -0.3 is 20.1 Å². The Labute approximate surface area is 212 Å². The first-order valence-electron chi connectivity index (χ1n) is 12.2. The first kappa shape index (κ1) is 25.3. The van der Waals surface area contributed by atoms with E-state index in [9.17, 15) is 4.79 Å². The number of hydrogen-bond acceptors (Lipinski definition) is 4. The van der Waals surface area contributed by atoms with Gasteiger partial charge in [0.1, 0.15) is 5.69 Å². The third kappa shape index (κ3) is 5.71. The van der Waals surface area contributed by atoms with E-state index in [1.807, 2.05) is 54.4 Å². The van der Waals surface area contributed by atoms with Crippen LogP contribution in [0.15, 0.2) is 58.7 Å². The third-order valence-corrected chi connectivity index (χ3v) is 6.44. The third-order valence-electron chi connectivity index (χ3n) is 6.44. The molecule has 0 saturated carbocycles. The Kier molecular flexibility index (Phi) is 7.35. The molecule has 188 valence electrons. The minimum atomic E-state index is 0.00851. The maximum atomic E-state index is 13.0. The summed E-state index contributed by atoms with van der Waals surface area (Å²) in [6, 6.07) is 11.8. The molecule has 1 amide bonds. The van der Waals surface area contributed by atoms with Gasteiger partial charge in [0.05, 0.1) is 11.4 Å². The second kappa shape index (κ2) is 10.5. The topological polar surface area (TPSA) is 89.0 Å². The maximum Gasteiger partial charge on any atom is 0.270 e. The summed E-state index contributed by atoms with van der Waals surface area (Å²) in [5.74, 6) is 0.404. The lowest BCUT2D eigenvalue weighted by atomic mass is 9.87. The van der Waals surface area contributed by atoms with Gasteiger partial charge in [-0.2, -0.15) is 0 Å². The predicted molar refractivity (Wildman–Crippen MR) is 149 cm³/mol. The number of aromatic amines is 1. The maximum absolute atomic E-state index is 13.0. The van der Waals surface area contributed by atoms with Gasteiger partial charge in [0, 0.05) is 49.0 Å². The standard InChI is InChI=1S/C28H35N7O/c1-7-22(24-18-20(10-11-30-24)28(2,3)4)33-27(29-5)31-21-8-9-23-19(16-21)17-25(32-23)26(36)35-14-12-34(6)13-15-35/h7-11,16-18,32H,5,12-15H2,1-4,6H3,(H,31,33)/b22-7-. The van der Waals surface area contributed by atoms with Gasteiger partial charge in [-0.15, -0.1) is 0 Å². The Balaban J connectivity index is 1.54. The van der Waals surface area contributed by atoms with E-state index in [0.717, 1.165) is 48.5 Å². The lowest BCUT2D eigenvalue weighted by Gasteiger charge is -2.32. The number of benzene rings is 1. The van der Waals surface area contributed by atoms with Crippen molar-refractivity contribution in [2.24, 2.45) is 9.98 Å². The zero-order valence-electron chi connectivity index (χ0n) is 21.8. The van der Waals surface area contributed by atoms with Gasteiger partial charge in [-0.25, -0.2) is 9.98 Å². The molecule has 8 nitrogen and oxygen atoms in total. The monoisotopic (exact) mass is 485 g/mol. The molecule has 36 heavy (non-hydrogen) atoms. The van der Waals surface area contributed by atoms with Crippen LogP contribution in [0.4, 0.5) is 5.69 Å². The highest BCUT2D eigenvalue weighted by atomic mass is 16.2. The normalized spacial score (nSPS) is 15.9. The van der Waals surface area contributed by atoms with E-state index >= 15 is 0 Å². The van der Waals surface area contributed by atoms with Gasteiger partial charge in [-0.3, -0.25) is 9.78 Å². The number of amides is 1. The molecule has 1 fully saturated rings. The molecule has 4 rings (SSSR count). The lowest BCUT2D eigenvalue weighted by molar-refractivity contribution is 0.0659. The van der Waals surface area contributed by atoms with Gasteiger partial charge in [-0.1, -0.05) is 26.8 Å². The molecule has 1 aromatic carbocycles. The Hall–Kier alpha value is -3.78. The Morgan fingerprint density at radius 1 is 1.14 bits per heavy atom. The molecule has 2 aromatic heterocycles. The average molecular weight is 486 g/mol. The molecule has 0 spiro atoms. The fourth-order valence-electron chi connectivity index (χ4n) is 4.16. The number of rotatable bonds is 4. The number of hydrogen-bond donors (Lipinski definition) is 2. The van der Waals surface area contributed by atoms with E-state index in [2.05, 4.69) is 70.8 Å². The van der Waals surface area contributed by atoms with Crippen molar-refractivity contribution in [2.75, 3.05) is 38.5 Å². The fourth-order valence-corrected chi connectivity index (χ4v) is 4.16. The molecule has 3 aromatic rings. The molecule has 0 aliphatic carbocycles. The average Bonchev–Trinajstić information content (AvgIpc) is 3.29. The summed E-state index contributed by atoms with van der Waals surface area (Å²) >= 11 is 0. The molecule has 0 bridgehead atoms. The Bertz CT molecular complexity index is 1320. The minimum absolute atomic E-state index is 0.00851. The number of piperazine rings is 1. The van der Waals surface area contributed by atoms with Crippen LogP contribution < -0.4 is 5.32 Å². The zero-order chi connectivity index (χ0) is 25.9. The summed E-state index contributed by atoms with van der Waals surface area (Å²) in [5.41, 5.74) is 4.99. The summed E-state index contributed by atoms with van der Waals surface area (Å²) in [7, 11) is 2.08. The molecule has 0 atom stereocenters. The number of nitrogens with zero attached hydrogens (tertiary/aromatic N) is 5. The van der Waals surface area contributed by atoms with Crippen LogP contribution in [-0.2, 0) is 5.41 Å². The smallest absolute Gasteiger partial charge is 0.270 e. The van der Waals surface area contributed by atoms with Gasteiger partial charge in [0.25, 0.3) is 5.91 Å². The van der Waals surface area contributed by atoms with Crippen LogP contribution >= 0.6 is 0 Å². The van der Waals surface area contributed by atoms with E-state index in [1.165, 1.54) is 5.56 Å². The molecule has 0 radical (unpaired) electrons. The Morgan fingerprint density at radius 2 is 1.89 bits per heavy atom. The first-order chi connectivity index (χ1) is 17.2. The summed E-state index contributed by atoms with van der Waals surface area (Å²) in [6.45, 7) is 15.4. The van der Waals surface area contributed by atoms with Crippen molar-refractivity contribution in [1.82, 2.24) is 19.8 Å². The van der Waals surface area contributed by atoms with Gasteiger partial charge in [0.2, 0.25) is 5.96 Å². The van der Waals surface area contributed by atoms with Crippen LogP contribution in [0.25, 0.3) is 16.6 Å². The second-order valence-corrected chi connectivity index (χ2v) is 10.2.